The second kappa shape index (κ2) is 5.54. The van der Waals surface area contributed by atoms with Crippen LogP contribution in [-0.2, 0) is 0 Å². The van der Waals surface area contributed by atoms with Gasteiger partial charge in [-0.15, -0.1) is 0 Å². The maximum absolute atomic E-state index is 8.80. The zero-order valence-corrected chi connectivity index (χ0v) is 10.7. The van der Waals surface area contributed by atoms with Gasteiger partial charge in [-0.1, -0.05) is 24.3 Å². The Labute approximate surface area is 115 Å². The lowest BCUT2D eigenvalue weighted by atomic mass is 10.3. The van der Waals surface area contributed by atoms with Crippen molar-refractivity contribution in [3.8, 4) is 11.6 Å². The maximum atomic E-state index is 8.80. The molecule has 0 aliphatic rings. The summed E-state index contributed by atoms with van der Waals surface area (Å²) in [6, 6.07) is 11.3. The van der Waals surface area contributed by atoms with Gasteiger partial charge in [-0.05, 0) is 24.3 Å². The molecule has 2 aromatic heterocycles. The number of hydrogen-bond acceptors (Lipinski definition) is 4. The third-order valence-corrected chi connectivity index (χ3v) is 2.76. The zero-order chi connectivity index (χ0) is 13.8. The fourth-order valence-electron chi connectivity index (χ4n) is 1.88. The Hall–Kier alpha value is -2.66. The van der Waals surface area contributed by atoms with Gasteiger partial charge in [0, 0.05) is 5.69 Å². The van der Waals surface area contributed by atoms with Gasteiger partial charge >= 0.3 is 0 Å². The molecule has 0 unspecified atom stereocenters. The Balaban J connectivity index is 1.98. The first-order chi connectivity index (χ1) is 9.86. The van der Waals surface area contributed by atoms with Gasteiger partial charge in [-0.3, -0.25) is 0 Å². The number of para-hydroxylation sites is 1. The maximum Gasteiger partial charge on any atom is 0.247 e. The first-order valence-electron chi connectivity index (χ1n) is 6.21. The predicted molar refractivity (Wildman–Crippen MR) is 76.5 cm³/mol. The molecule has 3 aromatic rings. The molecule has 0 amide bonds. The minimum Gasteiger partial charge on any atom is -0.437 e. The van der Waals surface area contributed by atoms with Crippen molar-refractivity contribution >= 4 is 17.1 Å². The molecular formula is C15H13N3O2. The summed E-state index contributed by atoms with van der Waals surface area (Å²) in [5.41, 5.74) is 2.34. The number of H-pyrrole nitrogens is 1. The van der Waals surface area contributed by atoms with Crippen molar-refractivity contribution in [3.63, 3.8) is 0 Å². The molecule has 20 heavy (non-hydrogen) atoms. The van der Waals surface area contributed by atoms with Crippen molar-refractivity contribution in [3.05, 3.63) is 54.5 Å². The molecule has 100 valence electrons. The van der Waals surface area contributed by atoms with E-state index in [0.29, 0.717) is 5.88 Å². The predicted octanol–water partition coefficient (Wildman–Crippen LogP) is 2.76. The van der Waals surface area contributed by atoms with Crippen molar-refractivity contribution < 1.29 is 9.84 Å². The minimum atomic E-state index is -0.00554. The third-order valence-electron chi connectivity index (χ3n) is 2.76. The summed E-state index contributed by atoms with van der Waals surface area (Å²) in [4.78, 5) is 11.5. The van der Waals surface area contributed by atoms with Crippen LogP contribution in [0.4, 0.5) is 0 Å². The number of ether oxygens (including phenoxy) is 1. The van der Waals surface area contributed by atoms with E-state index in [2.05, 4.69) is 15.0 Å². The highest BCUT2D eigenvalue weighted by Gasteiger charge is 2.08. The van der Waals surface area contributed by atoms with Crippen LogP contribution in [0, 0.1) is 0 Å². The van der Waals surface area contributed by atoms with Crippen molar-refractivity contribution in [1.82, 2.24) is 15.0 Å². The van der Waals surface area contributed by atoms with E-state index in [1.165, 1.54) is 6.33 Å². The van der Waals surface area contributed by atoms with Crippen molar-refractivity contribution in [2.24, 2.45) is 0 Å². The van der Waals surface area contributed by atoms with Crippen LogP contribution in [-0.4, -0.2) is 26.7 Å². The number of aromatic amines is 1. The largest absolute Gasteiger partial charge is 0.437 e. The van der Waals surface area contributed by atoms with E-state index in [1.54, 1.807) is 12.2 Å². The number of nitrogens with zero attached hydrogens (tertiary/aromatic N) is 2. The lowest BCUT2D eigenvalue weighted by Crippen LogP contribution is -1.90. The van der Waals surface area contributed by atoms with E-state index in [4.69, 9.17) is 9.84 Å². The fraction of sp³-hybridized carbons (Fsp3) is 0.0667. The average molecular weight is 267 g/mol. The van der Waals surface area contributed by atoms with E-state index in [0.717, 1.165) is 22.5 Å². The first-order valence-corrected chi connectivity index (χ1v) is 6.21. The van der Waals surface area contributed by atoms with Crippen LogP contribution in [0.3, 0.4) is 0 Å². The van der Waals surface area contributed by atoms with E-state index in [9.17, 15) is 0 Å². The number of rotatable bonds is 4. The summed E-state index contributed by atoms with van der Waals surface area (Å²) in [5, 5.41) is 8.80. The van der Waals surface area contributed by atoms with E-state index in [1.807, 2.05) is 36.4 Å². The molecule has 0 aliphatic heterocycles. The molecule has 0 saturated carbocycles. The van der Waals surface area contributed by atoms with E-state index < -0.39 is 0 Å². The lowest BCUT2D eigenvalue weighted by Gasteiger charge is -2.04. The molecule has 3 rings (SSSR count). The molecule has 0 radical (unpaired) electrons. The fourth-order valence-corrected chi connectivity index (χ4v) is 1.88. The van der Waals surface area contributed by atoms with Crippen LogP contribution in [0.15, 0.2) is 48.8 Å². The molecule has 0 aliphatic carbocycles. The lowest BCUT2D eigenvalue weighted by molar-refractivity contribution is 0.343. The number of hydrogen-bond donors (Lipinski definition) is 2. The van der Waals surface area contributed by atoms with Crippen LogP contribution in [0.25, 0.3) is 17.1 Å². The summed E-state index contributed by atoms with van der Waals surface area (Å²) in [7, 11) is 0. The Morgan fingerprint density at radius 3 is 2.85 bits per heavy atom. The van der Waals surface area contributed by atoms with Crippen LogP contribution in [0.2, 0.25) is 0 Å². The molecule has 5 heteroatoms. The van der Waals surface area contributed by atoms with Crippen LogP contribution >= 0.6 is 0 Å². The highest BCUT2D eigenvalue weighted by Crippen LogP contribution is 2.26. The summed E-state index contributed by atoms with van der Waals surface area (Å²) in [6.07, 6.45) is 4.90. The quantitative estimate of drug-likeness (QED) is 0.762. The number of benzene rings is 1. The summed E-state index contributed by atoms with van der Waals surface area (Å²) < 4.78 is 5.75. The number of aliphatic hydroxyl groups is 1. The van der Waals surface area contributed by atoms with Crippen molar-refractivity contribution in [2.45, 2.75) is 0 Å². The molecule has 0 saturated heterocycles. The molecule has 1 aromatic carbocycles. The van der Waals surface area contributed by atoms with Gasteiger partial charge in [0.2, 0.25) is 5.88 Å². The first kappa shape index (κ1) is 12.4. The second-order valence-electron chi connectivity index (χ2n) is 4.16. The standard InChI is InChI=1S/C15H13N3O2/c19-8-4-5-11-9-13-14(18-11)15(17-10-16-13)20-12-6-2-1-3-7-12/h1-7,9-10,18-19H,8H2. The van der Waals surface area contributed by atoms with Gasteiger partial charge in [0.15, 0.2) is 0 Å². The van der Waals surface area contributed by atoms with Gasteiger partial charge in [0.05, 0.1) is 12.1 Å². The molecule has 0 spiro atoms. The minimum absolute atomic E-state index is 0.00554. The Kier molecular flexibility index (Phi) is 3.43. The Bertz CT molecular complexity index is 735. The molecular weight excluding hydrogens is 254 g/mol. The monoisotopic (exact) mass is 267 g/mol. The summed E-state index contributed by atoms with van der Waals surface area (Å²) in [5.74, 6) is 1.19. The average Bonchev–Trinajstić information content (AvgIpc) is 2.90. The van der Waals surface area contributed by atoms with Gasteiger partial charge in [-0.2, -0.15) is 4.98 Å². The zero-order valence-electron chi connectivity index (χ0n) is 10.7. The number of fused-ring (bicyclic) bond motifs is 1. The molecule has 0 bridgehead atoms. The van der Waals surface area contributed by atoms with Gasteiger partial charge in [0.25, 0.3) is 0 Å². The van der Waals surface area contributed by atoms with E-state index in [-0.39, 0.29) is 6.61 Å². The molecule has 5 nitrogen and oxygen atoms in total. The molecule has 0 atom stereocenters. The molecule has 0 fully saturated rings. The number of aliphatic hydroxyl groups excluding tert-OH is 1. The molecule has 2 heterocycles. The van der Waals surface area contributed by atoms with Crippen molar-refractivity contribution in [1.29, 1.82) is 0 Å². The van der Waals surface area contributed by atoms with Gasteiger partial charge < -0.3 is 14.8 Å². The Morgan fingerprint density at radius 1 is 1.20 bits per heavy atom. The van der Waals surface area contributed by atoms with Crippen LogP contribution in [0.1, 0.15) is 5.69 Å². The molecule has 2 N–H and O–H groups in total. The van der Waals surface area contributed by atoms with Crippen LogP contribution in [0.5, 0.6) is 11.6 Å². The normalized spacial score (nSPS) is 11.2. The highest BCUT2D eigenvalue weighted by molar-refractivity contribution is 5.82. The number of aromatic nitrogens is 3. The topological polar surface area (TPSA) is 71.0 Å². The highest BCUT2D eigenvalue weighted by atomic mass is 16.5. The SMILES string of the molecule is OCC=Cc1cc2ncnc(Oc3ccccc3)c2[nH]1. The van der Waals surface area contributed by atoms with Crippen molar-refractivity contribution in [2.75, 3.05) is 6.61 Å². The van der Waals surface area contributed by atoms with E-state index >= 15 is 0 Å². The smallest absolute Gasteiger partial charge is 0.247 e. The number of nitrogens with one attached hydrogen (secondary N) is 1. The van der Waals surface area contributed by atoms with Gasteiger partial charge in [-0.25, -0.2) is 4.98 Å². The summed E-state index contributed by atoms with van der Waals surface area (Å²) in [6.45, 7) is -0.00554. The van der Waals surface area contributed by atoms with Crippen LogP contribution < -0.4 is 4.74 Å². The van der Waals surface area contributed by atoms with Gasteiger partial charge in [0.1, 0.15) is 17.6 Å². The third kappa shape index (κ3) is 2.53. The second-order valence-corrected chi connectivity index (χ2v) is 4.16. The Morgan fingerprint density at radius 2 is 2.05 bits per heavy atom. The summed E-state index contributed by atoms with van der Waals surface area (Å²) >= 11 is 0.